The average Bonchev–Trinajstić information content (AvgIpc) is 2.63. The number of halogens is 1. The van der Waals surface area contributed by atoms with Crippen LogP contribution in [0.25, 0.3) is 0 Å². The van der Waals surface area contributed by atoms with E-state index in [0.29, 0.717) is 16.8 Å². The number of nitrogens with one attached hydrogen (secondary N) is 1. The molecule has 3 rings (SSSR count). The molecule has 0 heterocycles. The summed E-state index contributed by atoms with van der Waals surface area (Å²) in [6.45, 7) is 0. The molecule has 0 radical (unpaired) electrons. The van der Waals surface area contributed by atoms with E-state index in [9.17, 15) is 9.90 Å². The van der Waals surface area contributed by atoms with Crippen LogP contribution >= 0.6 is 15.9 Å². The van der Waals surface area contributed by atoms with Gasteiger partial charge in [-0.05, 0) is 42.5 Å². The monoisotopic (exact) mass is 394 g/mol. The molecular weight excluding hydrogens is 380 g/mol. The maximum atomic E-state index is 12.5. The van der Waals surface area contributed by atoms with Crippen LogP contribution in [-0.4, -0.2) is 17.2 Å². The van der Waals surface area contributed by atoms with Gasteiger partial charge in [0.25, 0.3) is 5.91 Å². The first kappa shape index (κ1) is 16.9. The highest BCUT2D eigenvalue weighted by Gasteiger charge is 2.10. The zero-order chi connectivity index (χ0) is 17.6. The van der Waals surface area contributed by atoms with Crippen molar-refractivity contribution >= 4 is 39.4 Å². The van der Waals surface area contributed by atoms with Crippen LogP contribution in [0.1, 0.15) is 15.9 Å². The lowest BCUT2D eigenvalue weighted by Crippen LogP contribution is -2.11. The van der Waals surface area contributed by atoms with Crippen molar-refractivity contribution in [1.82, 2.24) is 0 Å². The number of hydrogen-bond acceptors (Lipinski definition) is 3. The Labute approximate surface area is 154 Å². The maximum absolute atomic E-state index is 12.5. The maximum Gasteiger partial charge on any atom is 0.257 e. The average molecular weight is 395 g/mol. The predicted octanol–water partition coefficient (Wildman–Crippen LogP) is 5.16. The number of carbonyl (C=O) groups excluding carboxylic acids is 1. The van der Waals surface area contributed by atoms with Crippen LogP contribution in [0.15, 0.2) is 82.3 Å². The van der Waals surface area contributed by atoms with Gasteiger partial charge in [0.2, 0.25) is 0 Å². The lowest BCUT2D eigenvalue weighted by Gasteiger charge is -2.07. The van der Waals surface area contributed by atoms with Crippen LogP contribution in [0, 0.1) is 0 Å². The Morgan fingerprint density at radius 3 is 2.52 bits per heavy atom. The highest BCUT2D eigenvalue weighted by atomic mass is 79.9. The summed E-state index contributed by atoms with van der Waals surface area (Å²) in [7, 11) is 0. The fourth-order valence-electron chi connectivity index (χ4n) is 2.27. The van der Waals surface area contributed by atoms with Gasteiger partial charge in [0.05, 0.1) is 11.3 Å². The van der Waals surface area contributed by atoms with E-state index >= 15 is 0 Å². The van der Waals surface area contributed by atoms with Gasteiger partial charge in [-0.25, -0.2) is 0 Å². The van der Waals surface area contributed by atoms with Crippen LogP contribution in [-0.2, 0) is 0 Å². The fraction of sp³-hybridized carbons (Fsp3) is 0. The molecule has 0 atom stereocenters. The Morgan fingerprint density at radius 2 is 1.72 bits per heavy atom. The van der Waals surface area contributed by atoms with Crippen LogP contribution in [0.2, 0.25) is 0 Å². The Morgan fingerprint density at radius 1 is 1.00 bits per heavy atom. The molecule has 0 aliphatic heterocycles. The van der Waals surface area contributed by atoms with Crippen molar-refractivity contribution < 1.29 is 9.90 Å². The van der Waals surface area contributed by atoms with Gasteiger partial charge in [0.15, 0.2) is 0 Å². The number of phenols is 1. The molecule has 0 saturated carbocycles. The smallest absolute Gasteiger partial charge is 0.257 e. The quantitative estimate of drug-likeness (QED) is 0.600. The molecule has 25 heavy (non-hydrogen) atoms. The molecule has 0 saturated heterocycles. The van der Waals surface area contributed by atoms with Gasteiger partial charge >= 0.3 is 0 Å². The number of phenolic OH excluding ortho intramolecular Hbond substituents is 1. The van der Waals surface area contributed by atoms with Gasteiger partial charge in [0, 0.05) is 21.9 Å². The van der Waals surface area contributed by atoms with Crippen molar-refractivity contribution in [3.63, 3.8) is 0 Å². The second kappa shape index (κ2) is 7.77. The zero-order valence-corrected chi connectivity index (χ0v) is 14.8. The minimum absolute atomic E-state index is 0.123. The molecule has 0 bridgehead atoms. The molecule has 0 unspecified atom stereocenters. The van der Waals surface area contributed by atoms with Crippen molar-refractivity contribution in [2.75, 3.05) is 5.32 Å². The van der Waals surface area contributed by atoms with Crippen LogP contribution in [0.4, 0.5) is 11.4 Å². The van der Waals surface area contributed by atoms with Crippen molar-refractivity contribution in [1.29, 1.82) is 0 Å². The summed E-state index contributed by atoms with van der Waals surface area (Å²) in [5, 5.41) is 12.7. The van der Waals surface area contributed by atoms with Crippen molar-refractivity contribution in [3.8, 4) is 5.75 Å². The number of benzene rings is 3. The summed E-state index contributed by atoms with van der Waals surface area (Å²) in [6, 6.07) is 21.4. The van der Waals surface area contributed by atoms with E-state index in [0.717, 1.165) is 10.2 Å². The molecule has 0 aliphatic carbocycles. The summed E-state index contributed by atoms with van der Waals surface area (Å²) in [6.07, 6.45) is 1.54. The number of aliphatic imine (C=N–C) groups is 1. The van der Waals surface area contributed by atoms with Crippen LogP contribution in [0.3, 0.4) is 0 Å². The molecule has 5 heteroatoms. The minimum Gasteiger partial charge on any atom is -0.507 e. The summed E-state index contributed by atoms with van der Waals surface area (Å²) in [5.41, 5.74) is 2.26. The fourth-order valence-corrected chi connectivity index (χ4v) is 2.64. The van der Waals surface area contributed by atoms with Crippen LogP contribution in [0.5, 0.6) is 5.75 Å². The number of anilines is 1. The van der Waals surface area contributed by atoms with Crippen molar-refractivity contribution in [2.24, 2.45) is 4.99 Å². The molecular formula is C20H15BrN2O2. The molecule has 4 nitrogen and oxygen atoms in total. The number of carbonyl (C=O) groups is 1. The van der Waals surface area contributed by atoms with Gasteiger partial charge in [-0.2, -0.15) is 0 Å². The van der Waals surface area contributed by atoms with E-state index in [-0.39, 0.29) is 11.7 Å². The van der Waals surface area contributed by atoms with Gasteiger partial charge in [0.1, 0.15) is 5.75 Å². The van der Waals surface area contributed by atoms with Gasteiger partial charge < -0.3 is 10.4 Å². The summed E-state index contributed by atoms with van der Waals surface area (Å²) in [4.78, 5) is 16.9. The Hall–Kier alpha value is -2.92. The number of para-hydroxylation sites is 2. The molecule has 0 fully saturated rings. The third-order valence-corrected chi connectivity index (χ3v) is 4.01. The largest absolute Gasteiger partial charge is 0.507 e. The van der Waals surface area contributed by atoms with E-state index in [1.807, 2.05) is 36.4 Å². The first-order valence-corrected chi connectivity index (χ1v) is 8.41. The van der Waals surface area contributed by atoms with Gasteiger partial charge in [-0.15, -0.1) is 0 Å². The topological polar surface area (TPSA) is 61.7 Å². The van der Waals surface area contributed by atoms with Gasteiger partial charge in [-0.1, -0.05) is 46.3 Å². The minimum atomic E-state index is -0.239. The highest BCUT2D eigenvalue weighted by molar-refractivity contribution is 9.10. The Kier molecular flexibility index (Phi) is 5.26. The first-order valence-electron chi connectivity index (χ1n) is 7.61. The Balaban J connectivity index is 1.87. The van der Waals surface area contributed by atoms with Gasteiger partial charge in [-0.3, -0.25) is 9.79 Å². The highest BCUT2D eigenvalue weighted by Crippen LogP contribution is 2.23. The third kappa shape index (κ3) is 4.33. The lowest BCUT2D eigenvalue weighted by atomic mass is 10.1. The second-order valence-corrected chi connectivity index (χ2v) is 6.21. The third-order valence-electron chi connectivity index (χ3n) is 3.51. The lowest BCUT2D eigenvalue weighted by molar-refractivity contribution is 0.102. The van der Waals surface area contributed by atoms with E-state index in [1.165, 1.54) is 6.21 Å². The summed E-state index contributed by atoms with van der Waals surface area (Å²) in [5.74, 6) is -0.115. The molecule has 2 N–H and O–H groups in total. The molecule has 0 spiro atoms. The predicted molar refractivity (Wildman–Crippen MR) is 104 cm³/mol. The first-order chi connectivity index (χ1) is 12.1. The van der Waals surface area contributed by atoms with Crippen LogP contribution < -0.4 is 5.32 Å². The van der Waals surface area contributed by atoms with E-state index in [4.69, 9.17) is 0 Å². The van der Waals surface area contributed by atoms with Crippen molar-refractivity contribution in [3.05, 3.63) is 88.4 Å². The second-order valence-electron chi connectivity index (χ2n) is 5.30. The number of aromatic hydroxyl groups is 1. The molecule has 0 aromatic heterocycles. The molecule has 0 aliphatic rings. The molecule has 124 valence electrons. The standard InChI is InChI=1S/C20H15BrN2O2/c21-15-10-11-19(24)14(12-15)13-22-18-9-5-4-8-17(18)20(25)23-16-6-2-1-3-7-16/h1-13,24H,(H,23,25). The normalized spacial score (nSPS) is 10.8. The van der Waals surface area contributed by atoms with E-state index in [1.54, 1.807) is 36.4 Å². The number of hydrogen-bond donors (Lipinski definition) is 2. The van der Waals surface area contributed by atoms with E-state index in [2.05, 4.69) is 26.2 Å². The zero-order valence-electron chi connectivity index (χ0n) is 13.2. The number of amides is 1. The number of nitrogens with zero attached hydrogens (tertiary/aromatic N) is 1. The summed E-state index contributed by atoms with van der Waals surface area (Å²) < 4.78 is 0.835. The number of rotatable bonds is 4. The van der Waals surface area contributed by atoms with Crippen molar-refractivity contribution in [2.45, 2.75) is 0 Å². The Bertz CT molecular complexity index is 924. The molecule has 1 amide bonds. The summed E-state index contributed by atoms with van der Waals surface area (Å²) >= 11 is 3.36. The SMILES string of the molecule is O=C(Nc1ccccc1)c1ccccc1N=Cc1cc(Br)ccc1O. The van der Waals surface area contributed by atoms with E-state index < -0.39 is 0 Å². The molecule has 3 aromatic carbocycles. The molecule has 3 aromatic rings.